The average molecular weight is 269 g/mol. The molecular weight excluding hydrogens is 242 g/mol. The number of carbonyl (C=O) groups excluding carboxylic acids is 1. The number of nitrogens with one attached hydrogen (secondary N) is 2. The highest BCUT2D eigenvalue weighted by molar-refractivity contribution is 5.74. The number of nitrogens with zero attached hydrogens (tertiary/aromatic N) is 1. The summed E-state index contributed by atoms with van der Waals surface area (Å²) in [5.41, 5.74) is 0. The monoisotopic (exact) mass is 269 g/mol. The zero-order valence-electron chi connectivity index (χ0n) is 12.1. The molecule has 19 heavy (non-hydrogen) atoms. The third-order valence-corrected chi connectivity index (χ3v) is 4.72. The van der Waals surface area contributed by atoms with Crippen molar-refractivity contribution in [3.05, 3.63) is 0 Å². The van der Waals surface area contributed by atoms with E-state index in [-0.39, 0.29) is 24.7 Å². The van der Waals surface area contributed by atoms with E-state index in [1.54, 1.807) is 0 Å². The Balaban J connectivity index is 1.82. The van der Waals surface area contributed by atoms with Crippen LogP contribution in [0.2, 0.25) is 0 Å². The summed E-state index contributed by atoms with van der Waals surface area (Å²) in [6.45, 7) is 1.96. The van der Waals surface area contributed by atoms with E-state index in [9.17, 15) is 4.79 Å². The number of hydrogen-bond donors (Lipinski definition) is 3. The fourth-order valence-corrected chi connectivity index (χ4v) is 3.42. The van der Waals surface area contributed by atoms with E-state index < -0.39 is 0 Å². The minimum absolute atomic E-state index is 0.00255. The van der Waals surface area contributed by atoms with Gasteiger partial charge in [-0.3, -0.25) is 0 Å². The third-order valence-electron chi connectivity index (χ3n) is 4.72. The van der Waals surface area contributed by atoms with Gasteiger partial charge in [-0.1, -0.05) is 13.3 Å². The number of piperidine rings is 2. The summed E-state index contributed by atoms with van der Waals surface area (Å²) >= 11 is 0. The van der Waals surface area contributed by atoms with Gasteiger partial charge in [0.1, 0.15) is 0 Å². The molecule has 110 valence electrons. The molecule has 0 aromatic carbocycles. The summed E-state index contributed by atoms with van der Waals surface area (Å²) in [7, 11) is 2.21. The van der Waals surface area contributed by atoms with Crippen molar-refractivity contribution < 1.29 is 9.90 Å². The van der Waals surface area contributed by atoms with Crippen molar-refractivity contribution >= 4 is 6.03 Å². The largest absolute Gasteiger partial charge is 0.394 e. The SMILES string of the molecule is CCC(CO)NC(=O)NC1CC2CCCC(C1)N2C. The molecule has 5 heteroatoms. The molecule has 0 spiro atoms. The smallest absolute Gasteiger partial charge is 0.315 e. The van der Waals surface area contributed by atoms with Crippen LogP contribution in [0.1, 0.15) is 45.4 Å². The van der Waals surface area contributed by atoms with E-state index in [4.69, 9.17) is 5.11 Å². The lowest BCUT2D eigenvalue weighted by molar-refractivity contribution is 0.0507. The molecule has 3 N–H and O–H groups in total. The summed E-state index contributed by atoms with van der Waals surface area (Å²) in [5.74, 6) is 0. The Morgan fingerprint density at radius 2 is 2.00 bits per heavy atom. The summed E-state index contributed by atoms with van der Waals surface area (Å²) < 4.78 is 0. The molecule has 2 fully saturated rings. The van der Waals surface area contributed by atoms with Crippen molar-refractivity contribution in [3.8, 4) is 0 Å². The maximum atomic E-state index is 11.9. The first kappa shape index (κ1) is 14.6. The van der Waals surface area contributed by atoms with Gasteiger partial charge in [-0.2, -0.15) is 0 Å². The fourth-order valence-electron chi connectivity index (χ4n) is 3.42. The first-order valence-electron chi connectivity index (χ1n) is 7.53. The predicted molar refractivity (Wildman–Crippen MR) is 75.0 cm³/mol. The molecule has 2 amide bonds. The second-order valence-electron chi connectivity index (χ2n) is 5.98. The highest BCUT2D eigenvalue weighted by atomic mass is 16.3. The van der Waals surface area contributed by atoms with Gasteiger partial charge in [-0.25, -0.2) is 4.79 Å². The normalized spacial score (nSPS) is 32.7. The predicted octanol–water partition coefficient (Wildman–Crippen LogP) is 1.07. The van der Waals surface area contributed by atoms with Crippen molar-refractivity contribution in [3.63, 3.8) is 0 Å². The lowest BCUT2D eigenvalue weighted by Gasteiger charge is -2.47. The van der Waals surface area contributed by atoms with E-state index >= 15 is 0 Å². The zero-order chi connectivity index (χ0) is 13.8. The Morgan fingerprint density at radius 3 is 2.53 bits per heavy atom. The van der Waals surface area contributed by atoms with Gasteiger partial charge in [-0.15, -0.1) is 0 Å². The number of hydrogen-bond acceptors (Lipinski definition) is 3. The van der Waals surface area contributed by atoms with Crippen molar-refractivity contribution in [2.75, 3.05) is 13.7 Å². The molecule has 0 saturated carbocycles. The van der Waals surface area contributed by atoms with E-state index in [0.29, 0.717) is 12.1 Å². The van der Waals surface area contributed by atoms with E-state index in [2.05, 4.69) is 22.6 Å². The molecule has 0 aliphatic carbocycles. The molecule has 0 radical (unpaired) electrons. The van der Waals surface area contributed by atoms with Crippen LogP contribution in [0.4, 0.5) is 4.79 Å². The molecule has 2 bridgehead atoms. The van der Waals surface area contributed by atoms with Crippen LogP contribution in [0.25, 0.3) is 0 Å². The Labute approximate surface area is 115 Å². The number of carbonyl (C=O) groups is 1. The molecule has 2 aliphatic heterocycles. The van der Waals surface area contributed by atoms with Crippen LogP contribution in [0.15, 0.2) is 0 Å². The van der Waals surface area contributed by atoms with E-state index in [1.165, 1.54) is 19.3 Å². The first-order chi connectivity index (χ1) is 9.13. The van der Waals surface area contributed by atoms with Gasteiger partial charge < -0.3 is 20.6 Å². The molecule has 2 aliphatic rings. The van der Waals surface area contributed by atoms with Crippen molar-refractivity contribution in [2.45, 2.75) is 69.6 Å². The lowest BCUT2D eigenvalue weighted by atomic mass is 9.82. The van der Waals surface area contributed by atoms with Gasteiger partial charge in [0.25, 0.3) is 0 Å². The molecule has 5 nitrogen and oxygen atoms in total. The molecule has 0 aromatic rings. The summed E-state index contributed by atoms with van der Waals surface area (Å²) in [6, 6.07) is 1.26. The number of fused-ring (bicyclic) bond motifs is 2. The van der Waals surface area contributed by atoms with Gasteiger partial charge in [0.15, 0.2) is 0 Å². The van der Waals surface area contributed by atoms with Crippen molar-refractivity contribution in [1.82, 2.24) is 15.5 Å². The van der Waals surface area contributed by atoms with Crippen LogP contribution < -0.4 is 10.6 Å². The highest BCUT2D eigenvalue weighted by Crippen LogP contribution is 2.32. The fraction of sp³-hybridized carbons (Fsp3) is 0.929. The van der Waals surface area contributed by atoms with Gasteiger partial charge in [0, 0.05) is 18.1 Å². The second kappa shape index (κ2) is 6.57. The van der Waals surface area contributed by atoms with Crippen molar-refractivity contribution in [1.29, 1.82) is 0 Å². The summed E-state index contributed by atoms with van der Waals surface area (Å²) in [4.78, 5) is 14.4. The molecule has 0 aromatic heterocycles. The number of aliphatic hydroxyl groups excluding tert-OH is 1. The Morgan fingerprint density at radius 1 is 1.37 bits per heavy atom. The molecule has 3 atom stereocenters. The lowest BCUT2D eigenvalue weighted by Crippen LogP contribution is -2.57. The van der Waals surface area contributed by atoms with E-state index in [0.717, 1.165) is 19.3 Å². The maximum Gasteiger partial charge on any atom is 0.315 e. The van der Waals surface area contributed by atoms with Gasteiger partial charge in [-0.05, 0) is 39.2 Å². The van der Waals surface area contributed by atoms with Gasteiger partial charge >= 0.3 is 6.03 Å². The highest BCUT2D eigenvalue weighted by Gasteiger charge is 2.36. The topological polar surface area (TPSA) is 64.6 Å². The van der Waals surface area contributed by atoms with Crippen LogP contribution in [0.3, 0.4) is 0 Å². The van der Waals surface area contributed by atoms with Gasteiger partial charge in [0.05, 0.1) is 12.6 Å². The van der Waals surface area contributed by atoms with Crippen LogP contribution in [-0.2, 0) is 0 Å². The Kier molecular flexibility index (Phi) is 5.05. The van der Waals surface area contributed by atoms with Gasteiger partial charge in [0.2, 0.25) is 0 Å². The number of urea groups is 1. The Bertz CT molecular complexity index is 293. The van der Waals surface area contributed by atoms with Crippen LogP contribution >= 0.6 is 0 Å². The van der Waals surface area contributed by atoms with E-state index in [1.807, 2.05) is 6.92 Å². The molecule has 3 unspecified atom stereocenters. The Hall–Kier alpha value is -0.810. The number of rotatable bonds is 4. The van der Waals surface area contributed by atoms with Crippen molar-refractivity contribution in [2.24, 2.45) is 0 Å². The molecule has 2 rings (SSSR count). The standard InChI is InChI=1S/C14H27N3O2/c1-3-10(9-18)15-14(19)16-11-7-12-5-4-6-13(8-11)17(12)2/h10-13,18H,3-9H2,1-2H3,(H2,15,16,19). The quantitative estimate of drug-likeness (QED) is 0.715. The number of amides is 2. The maximum absolute atomic E-state index is 11.9. The zero-order valence-corrected chi connectivity index (χ0v) is 12.1. The average Bonchev–Trinajstić information content (AvgIpc) is 2.37. The van der Waals surface area contributed by atoms with Crippen LogP contribution in [-0.4, -0.2) is 53.9 Å². The first-order valence-corrected chi connectivity index (χ1v) is 7.53. The number of aliphatic hydroxyl groups is 1. The summed E-state index contributed by atoms with van der Waals surface area (Å²) in [5, 5.41) is 15.0. The summed E-state index contributed by atoms with van der Waals surface area (Å²) in [6.07, 6.45) is 6.68. The molecule has 2 heterocycles. The minimum Gasteiger partial charge on any atom is -0.394 e. The second-order valence-corrected chi connectivity index (χ2v) is 5.98. The molecular formula is C14H27N3O2. The van der Waals surface area contributed by atoms with Crippen LogP contribution in [0.5, 0.6) is 0 Å². The molecule has 2 saturated heterocycles. The minimum atomic E-state index is -0.134. The third kappa shape index (κ3) is 3.60. The van der Waals surface area contributed by atoms with Crippen LogP contribution in [0, 0.1) is 0 Å².